The number of benzene rings is 2. The molecule has 0 unspecified atom stereocenters. The van der Waals surface area contributed by atoms with Crippen LogP contribution in [0.5, 0.6) is 5.75 Å². The van der Waals surface area contributed by atoms with Crippen LogP contribution in [0, 0.1) is 3.57 Å². The van der Waals surface area contributed by atoms with Crippen molar-refractivity contribution in [3.63, 3.8) is 0 Å². The fraction of sp³-hybridized carbons (Fsp3) is 0.188. The van der Waals surface area contributed by atoms with Crippen molar-refractivity contribution in [2.24, 2.45) is 0 Å². The molecule has 0 heterocycles. The average molecular weight is 420 g/mol. The molecule has 2 rings (SSSR count). The molecule has 0 atom stereocenters. The number of hydrogen-bond acceptors (Lipinski definition) is 2. The molecule has 0 bridgehead atoms. The van der Waals surface area contributed by atoms with Crippen LogP contribution in [0.4, 0.5) is 13.2 Å². The second kappa shape index (κ2) is 6.68. The highest BCUT2D eigenvalue weighted by Gasteiger charge is 2.34. The number of alkyl halides is 3. The summed E-state index contributed by atoms with van der Waals surface area (Å²) in [5.41, 5.74) is -0.473. The van der Waals surface area contributed by atoms with Gasteiger partial charge in [-0.3, -0.25) is 4.79 Å². The second-order valence-electron chi connectivity index (χ2n) is 4.68. The summed E-state index contributed by atoms with van der Waals surface area (Å²) in [5.74, 6) is -0.549. The predicted molar refractivity (Wildman–Crippen MR) is 84.9 cm³/mol. The highest BCUT2D eigenvalue weighted by Crippen LogP contribution is 2.34. The molecule has 116 valence electrons. The Hall–Kier alpha value is -1.57. The molecular weight excluding hydrogens is 408 g/mol. The van der Waals surface area contributed by atoms with Gasteiger partial charge in [-0.1, -0.05) is 12.1 Å². The minimum atomic E-state index is -4.59. The van der Waals surface area contributed by atoms with Gasteiger partial charge in [-0.2, -0.15) is 13.2 Å². The van der Waals surface area contributed by atoms with Crippen LogP contribution in [0.2, 0.25) is 0 Å². The standard InChI is InChI=1S/C16H12F3IO2/c1-10(21)14-7-6-13(8-15(14)16(17,18)19)22-9-11-2-4-12(20)5-3-11/h2-8H,9H2,1H3. The first-order valence-corrected chi connectivity index (χ1v) is 7.44. The molecule has 0 fully saturated rings. The number of ketones is 1. The van der Waals surface area contributed by atoms with E-state index in [1.165, 1.54) is 6.07 Å². The van der Waals surface area contributed by atoms with Gasteiger partial charge >= 0.3 is 6.18 Å². The molecular formula is C16H12F3IO2. The van der Waals surface area contributed by atoms with Crippen molar-refractivity contribution in [3.8, 4) is 5.75 Å². The van der Waals surface area contributed by atoms with E-state index >= 15 is 0 Å². The Kier molecular flexibility index (Phi) is 5.10. The van der Waals surface area contributed by atoms with E-state index in [0.717, 1.165) is 28.2 Å². The minimum absolute atomic E-state index is 0.0795. The van der Waals surface area contributed by atoms with Crippen LogP contribution in [-0.2, 0) is 12.8 Å². The fourth-order valence-electron chi connectivity index (χ4n) is 1.90. The van der Waals surface area contributed by atoms with E-state index in [2.05, 4.69) is 22.6 Å². The summed E-state index contributed by atoms with van der Waals surface area (Å²) >= 11 is 2.16. The summed E-state index contributed by atoms with van der Waals surface area (Å²) in [6.07, 6.45) is -4.59. The largest absolute Gasteiger partial charge is 0.489 e. The first-order chi connectivity index (χ1) is 10.3. The molecule has 0 N–H and O–H groups in total. The highest BCUT2D eigenvalue weighted by molar-refractivity contribution is 14.1. The van der Waals surface area contributed by atoms with E-state index in [4.69, 9.17) is 4.74 Å². The first kappa shape index (κ1) is 16.8. The van der Waals surface area contributed by atoms with Crippen molar-refractivity contribution in [2.75, 3.05) is 0 Å². The SMILES string of the molecule is CC(=O)c1ccc(OCc2ccc(I)cc2)cc1C(F)(F)F. The van der Waals surface area contributed by atoms with Crippen molar-refractivity contribution < 1.29 is 22.7 Å². The van der Waals surface area contributed by atoms with Gasteiger partial charge in [0.1, 0.15) is 12.4 Å². The number of carbonyl (C=O) groups excluding carboxylic acids is 1. The van der Waals surface area contributed by atoms with E-state index in [1.54, 1.807) is 0 Å². The van der Waals surface area contributed by atoms with E-state index in [-0.39, 0.29) is 17.9 Å². The van der Waals surface area contributed by atoms with Gasteiger partial charge in [-0.05, 0) is 65.4 Å². The van der Waals surface area contributed by atoms with Crippen LogP contribution in [0.15, 0.2) is 42.5 Å². The maximum Gasteiger partial charge on any atom is 0.417 e. The molecule has 6 heteroatoms. The molecule has 0 amide bonds. The van der Waals surface area contributed by atoms with E-state index < -0.39 is 17.5 Å². The van der Waals surface area contributed by atoms with Crippen LogP contribution >= 0.6 is 22.6 Å². The third kappa shape index (κ3) is 4.22. The minimum Gasteiger partial charge on any atom is -0.489 e. The third-order valence-corrected chi connectivity index (χ3v) is 3.71. The topological polar surface area (TPSA) is 26.3 Å². The average Bonchev–Trinajstić information content (AvgIpc) is 2.45. The number of rotatable bonds is 4. The third-order valence-electron chi connectivity index (χ3n) is 2.99. The highest BCUT2D eigenvalue weighted by atomic mass is 127. The van der Waals surface area contributed by atoms with Gasteiger partial charge in [0.25, 0.3) is 0 Å². The fourth-order valence-corrected chi connectivity index (χ4v) is 2.26. The normalized spacial score (nSPS) is 11.3. The van der Waals surface area contributed by atoms with Gasteiger partial charge in [0, 0.05) is 9.13 Å². The Morgan fingerprint density at radius 3 is 2.32 bits per heavy atom. The van der Waals surface area contributed by atoms with Gasteiger partial charge in [0.05, 0.1) is 5.56 Å². The Bertz CT molecular complexity index is 679. The Balaban J connectivity index is 2.21. The molecule has 0 aliphatic heterocycles. The summed E-state index contributed by atoms with van der Waals surface area (Å²) < 4.78 is 45.4. The first-order valence-electron chi connectivity index (χ1n) is 6.37. The molecule has 2 aromatic carbocycles. The number of hydrogen-bond donors (Lipinski definition) is 0. The van der Waals surface area contributed by atoms with E-state index in [0.29, 0.717) is 0 Å². The quantitative estimate of drug-likeness (QED) is 0.509. The van der Waals surface area contributed by atoms with Crippen molar-refractivity contribution in [1.29, 1.82) is 0 Å². The van der Waals surface area contributed by atoms with Crippen molar-refractivity contribution in [1.82, 2.24) is 0 Å². The Morgan fingerprint density at radius 1 is 1.14 bits per heavy atom. The summed E-state index contributed by atoms with van der Waals surface area (Å²) in [7, 11) is 0. The monoisotopic (exact) mass is 420 g/mol. The molecule has 2 aromatic rings. The van der Waals surface area contributed by atoms with Crippen LogP contribution < -0.4 is 4.74 Å². The van der Waals surface area contributed by atoms with Gasteiger partial charge in [-0.25, -0.2) is 0 Å². The van der Waals surface area contributed by atoms with E-state index in [1.807, 2.05) is 24.3 Å². The summed E-state index contributed by atoms with van der Waals surface area (Å²) in [6.45, 7) is 1.27. The van der Waals surface area contributed by atoms with Crippen LogP contribution in [0.25, 0.3) is 0 Å². The summed E-state index contributed by atoms with van der Waals surface area (Å²) in [6, 6.07) is 10.8. The lowest BCUT2D eigenvalue weighted by atomic mass is 10.0. The maximum atomic E-state index is 13.0. The molecule has 0 aliphatic rings. The second-order valence-corrected chi connectivity index (χ2v) is 5.92. The maximum absolute atomic E-state index is 13.0. The molecule has 22 heavy (non-hydrogen) atoms. The van der Waals surface area contributed by atoms with Crippen LogP contribution in [-0.4, -0.2) is 5.78 Å². The Morgan fingerprint density at radius 2 is 1.77 bits per heavy atom. The zero-order chi connectivity index (χ0) is 16.3. The number of carbonyl (C=O) groups is 1. The molecule has 0 radical (unpaired) electrons. The predicted octanol–water partition coefficient (Wildman–Crippen LogP) is 5.09. The summed E-state index contributed by atoms with van der Waals surface area (Å²) in [4.78, 5) is 11.3. The van der Waals surface area contributed by atoms with Crippen LogP contribution in [0.3, 0.4) is 0 Å². The van der Waals surface area contributed by atoms with Gasteiger partial charge in [-0.15, -0.1) is 0 Å². The van der Waals surface area contributed by atoms with E-state index in [9.17, 15) is 18.0 Å². The van der Waals surface area contributed by atoms with Gasteiger partial charge < -0.3 is 4.74 Å². The molecule has 0 spiro atoms. The van der Waals surface area contributed by atoms with Gasteiger partial charge in [0.15, 0.2) is 5.78 Å². The molecule has 2 nitrogen and oxygen atoms in total. The lowest BCUT2D eigenvalue weighted by Gasteiger charge is -2.13. The lowest BCUT2D eigenvalue weighted by Crippen LogP contribution is -2.12. The smallest absolute Gasteiger partial charge is 0.417 e. The van der Waals surface area contributed by atoms with Gasteiger partial charge in [0.2, 0.25) is 0 Å². The number of Topliss-reactive ketones (excluding diaryl/α,β-unsaturated/α-hetero) is 1. The number of ether oxygens (including phenoxy) is 1. The number of halogens is 4. The Labute approximate surface area is 139 Å². The molecule has 0 saturated heterocycles. The van der Waals surface area contributed by atoms with Crippen molar-refractivity contribution in [2.45, 2.75) is 19.7 Å². The summed E-state index contributed by atoms with van der Waals surface area (Å²) in [5, 5.41) is 0. The van der Waals surface area contributed by atoms with Crippen molar-refractivity contribution >= 4 is 28.4 Å². The molecule has 0 saturated carbocycles. The van der Waals surface area contributed by atoms with Crippen LogP contribution in [0.1, 0.15) is 28.4 Å². The zero-order valence-electron chi connectivity index (χ0n) is 11.6. The molecule has 0 aliphatic carbocycles. The zero-order valence-corrected chi connectivity index (χ0v) is 13.7. The molecule has 0 aromatic heterocycles. The lowest BCUT2D eigenvalue weighted by molar-refractivity contribution is -0.138. The van der Waals surface area contributed by atoms with Crippen molar-refractivity contribution in [3.05, 3.63) is 62.7 Å².